The van der Waals surface area contributed by atoms with Gasteiger partial charge in [-0.1, -0.05) is 155 Å². The normalized spacial score (nSPS) is 14.8. The number of hydrogen-bond donors (Lipinski definition) is 0. The first-order valence-electron chi connectivity index (χ1n) is 24.6. The molecule has 0 rings (SSSR count). The van der Waals surface area contributed by atoms with E-state index in [1.165, 1.54) is 124 Å². The Labute approximate surface area is 486 Å². The zero-order chi connectivity index (χ0) is 49.5. The van der Waals surface area contributed by atoms with Gasteiger partial charge in [0.15, 0.2) is 0 Å². The Hall–Kier alpha value is 2.41. The van der Waals surface area contributed by atoms with Gasteiger partial charge < -0.3 is 46.8 Å². The third kappa shape index (κ3) is 47.4. The van der Waals surface area contributed by atoms with Crippen molar-refractivity contribution in [2.45, 2.75) is 168 Å². The second kappa shape index (κ2) is 47.6. The molecular formula is C46H91Na3O17S3. The predicted molar refractivity (Wildman–Crippen MR) is 253 cm³/mol. The third-order valence-electron chi connectivity index (χ3n) is 11.6. The SMILES string of the molecule is CCCCCCCCCCCCCCOCC(COC)(COCC(COC)(COCC(COC)(COCCCCCCCCCCCCCC)CS(=O)(=O)[O-])COS(=O)(=O)[O-])CS(=O)(=O)[O-].[Na+].[Na+].[Na+]. The van der Waals surface area contributed by atoms with Gasteiger partial charge in [0.05, 0.1) is 114 Å². The quantitative estimate of drug-likeness (QED) is 0.0305. The van der Waals surface area contributed by atoms with Gasteiger partial charge in [-0.2, -0.15) is 0 Å². The van der Waals surface area contributed by atoms with Gasteiger partial charge in [-0.15, -0.1) is 0 Å². The van der Waals surface area contributed by atoms with Crippen LogP contribution in [0.2, 0.25) is 0 Å². The van der Waals surface area contributed by atoms with Crippen LogP contribution >= 0.6 is 0 Å². The van der Waals surface area contributed by atoms with Gasteiger partial charge >= 0.3 is 88.7 Å². The Bertz CT molecular complexity index is 1400. The molecule has 0 amide bonds. The van der Waals surface area contributed by atoms with Crippen molar-refractivity contribution < 1.29 is 165 Å². The minimum Gasteiger partial charge on any atom is -0.748 e. The maximum absolute atomic E-state index is 12.2. The number of ether oxygens (including phenoxy) is 7. The molecule has 69 heavy (non-hydrogen) atoms. The molecule has 0 saturated carbocycles. The molecule has 0 aromatic rings. The number of rotatable bonds is 51. The van der Waals surface area contributed by atoms with Crippen LogP contribution in [0.1, 0.15) is 168 Å². The maximum Gasteiger partial charge on any atom is 1.00 e. The molecule has 0 bridgehead atoms. The van der Waals surface area contributed by atoms with Gasteiger partial charge in [0.2, 0.25) is 10.4 Å². The molecule has 0 aromatic carbocycles. The van der Waals surface area contributed by atoms with Crippen molar-refractivity contribution in [2.24, 2.45) is 16.2 Å². The van der Waals surface area contributed by atoms with E-state index in [-0.39, 0.29) is 122 Å². The topological polar surface area (TPSA) is 245 Å². The van der Waals surface area contributed by atoms with Crippen molar-refractivity contribution >= 4 is 30.6 Å². The Morgan fingerprint density at radius 2 is 0.580 bits per heavy atom. The fourth-order valence-corrected chi connectivity index (χ4v) is 10.6. The largest absolute Gasteiger partial charge is 1.00 e. The summed E-state index contributed by atoms with van der Waals surface area (Å²) in [4.78, 5) is 0. The number of methoxy groups -OCH3 is 3. The summed E-state index contributed by atoms with van der Waals surface area (Å²) < 4.78 is 153. The summed E-state index contributed by atoms with van der Waals surface area (Å²) in [5.74, 6) is -1.79. The molecule has 0 fully saturated rings. The average molecular weight is 1080 g/mol. The van der Waals surface area contributed by atoms with Crippen LogP contribution in [-0.2, 0) is 68.0 Å². The second-order valence-corrected chi connectivity index (χ2v) is 22.6. The Balaban J connectivity index is -0.00000704. The standard InChI is InChI=1S/C46H94O17S3.3Na/c1-6-8-10-12-14-16-18-20-22-24-26-28-30-59-37-45(33-57-4,42-64(47,48)49)39-61-35-44(32-56-3,41-63-66(53,54)55)36-62-40-46(34-58-5,43-65(50,51)52)38-60-31-29-27-25-23-21-19-17-15-13-11-9-7-2;;;/h6-43H2,1-5H3,(H,47,48,49)(H,50,51,52)(H,53,54,55);;;/q;3*+1/p-3. The summed E-state index contributed by atoms with van der Waals surface area (Å²) in [6.45, 7) is 1.29. The summed E-state index contributed by atoms with van der Waals surface area (Å²) in [5.41, 5.74) is -4.51. The zero-order valence-corrected chi connectivity index (χ0v) is 53.0. The van der Waals surface area contributed by atoms with E-state index >= 15 is 0 Å². The summed E-state index contributed by atoms with van der Waals surface area (Å²) in [5, 5.41) is 0. The van der Waals surface area contributed by atoms with E-state index in [9.17, 15) is 38.9 Å². The van der Waals surface area contributed by atoms with Crippen molar-refractivity contribution in [1.82, 2.24) is 0 Å². The molecule has 0 saturated heterocycles. The van der Waals surface area contributed by atoms with Crippen molar-refractivity contribution in [1.29, 1.82) is 0 Å². The van der Waals surface area contributed by atoms with E-state index in [4.69, 9.17) is 33.2 Å². The molecule has 0 radical (unpaired) electrons. The van der Waals surface area contributed by atoms with Crippen LogP contribution in [0.5, 0.6) is 0 Å². The first-order chi connectivity index (χ1) is 31.3. The van der Waals surface area contributed by atoms with Crippen LogP contribution in [0.15, 0.2) is 0 Å². The fraction of sp³-hybridized carbons (Fsp3) is 1.00. The average Bonchev–Trinajstić information content (AvgIpc) is 3.22. The smallest absolute Gasteiger partial charge is 0.748 e. The molecule has 0 aliphatic heterocycles. The van der Waals surface area contributed by atoms with Crippen molar-refractivity contribution in [3.63, 3.8) is 0 Å². The molecule has 0 aromatic heterocycles. The van der Waals surface area contributed by atoms with Crippen LogP contribution < -0.4 is 88.7 Å². The van der Waals surface area contributed by atoms with Gasteiger partial charge in [-0.3, -0.25) is 4.18 Å². The first kappa shape index (κ1) is 77.9. The predicted octanol–water partition coefficient (Wildman–Crippen LogP) is -1.07. The third-order valence-corrected chi connectivity index (χ3v) is 13.9. The van der Waals surface area contributed by atoms with Gasteiger partial charge in [0.1, 0.15) is 0 Å². The summed E-state index contributed by atoms with van der Waals surface area (Å²) in [6, 6.07) is 0. The Morgan fingerprint density at radius 1 is 0.333 bits per heavy atom. The van der Waals surface area contributed by atoms with Gasteiger partial charge in [-0.05, 0) is 12.8 Å². The van der Waals surface area contributed by atoms with Crippen LogP contribution in [0.3, 0.4) is 0 Å². The minimum absolute atomic E-state index is 0. The number of hydrogen-bond acceptors (Lipinski definition) is 17. The van der Waals surface area contributed by atoms with Crippen molar-refractivity contribution in [3.05, 3.63) is 0 Å². The Morgan fingerprint density at radius 3 is 0.841 bits per heavy atom. The van der Waals surface area contributed by atoms with Crippen molar-refractivity contribution in [2.75, 3.05) is 112 Å². The minimum atomic E-state index is -5.25. The molecule has 0 heterocycles. The van der Waals surface area contributed by atoms with Gasteiger partial charge in [-0.25, -0.2) is 25.3 Å². The summed E-state index contributed by atoms with van der Waals surface area (Å²) in [7, 11) is -10.9. The van der Waals surface area contributed by atoms with E-state index in [0.29, 0.717) is 13.2 Å². The molecule has 17 nitrogen and oxygen atoms in total. The Kier molecular flexibility index (Phi) is 53.8. The van der Waals surface area contributed by atoms with Crippen LogP contribution in [0, 0.1) is 16.2 Å². The molecule has 0 spiro atoms. The maximum atomic E-state index is 12.2. The zero-order valence-electron chi connectivity index (χ0n) is 44.5. The van der Waals surface area contributed by atoms with Crippen LogP contribution in [0.4, 0.5) is 0 Å². The monoisotopic (exact) mass is 1080 g/mol. The van der Waals surface area contributed by atoms with Crippen LogP contribution in [-0.4, -0.2) is 151 Å². The van der Waals surface area contributed by atoms with E-state index in [2.05, 4.69) is 18.0 Å². The molecule has 398 valence electrons. The summed E-state index contributed by atoms with van der Waals surface area (Å²) >= 11 is 0. The van der Waals surface area contributed by atoms with E-state index in [1.807, 2.05) is 0 Å². The molecular weight excluding hydrogens is 990 g/mol. The second-order valence-electron chi connectivity index (χ2n) is 18.7. The molecule has 0 N–H and O–H groups in total. The van der Waals surface area contributed by atoms with Gasteiger partial charge in [0, 0.05) is 34.5 Å². The van der Waals surface area contributed by atoms with Crippen molar-refractivity contribution in [3.8, 4) is 0 Å². The molecule has 0 aliphatic rings. The summed E-state index contributed by atoms with van der Waals surface area (Å²) in [6.07, 6.45) is 27.7. The van der Waals surface area contributed by atoms with Crippen LogP contribution in [0.25, 0.3) is 0 Å². The molecule has 2 atom stereocenters. The molecule has 2 unspecified atom stereocenters. The molecule has 0 aliphatic carbocycles. The van der Waals surface area contributed by atoms with Gasteiger partial charge in [0.25, 0.3) is 0 Å². The fourth-order valence-electron chi connectivity index (χ4n) is 8.25. The van der Waals surface area contributed by atoms with E-state index in [1.54, 1.807) is 0 Å². The molecule has 23 heteroatoms. The van der Waals surface area contributed by atoms with E-state index < -0.39 is 91.4 Å². The van der Waals surface area contributed by atoms with E-state index in [0.717, 1.165) is 51.4 Å². The number of unbranched alkanes of at least 4 members (excludes halogenated alkanes) is 22. The first-order valence-corrected chi connectivity index (χ1v) is 29.1.